The van der Waals surface area contributed by atoms with Crippen molar-refractivity contribution >= 4 is 18.0 Å². The fourth-order valence-corrected chi connectivity index (χ4v) is 1.65. The highest BCUT2D eigenvalue weighted by molar-refractivity contribution is 5.77. The minimum Gasteiger partial charge on any atom is -0.354 e. The van der Waals surface area contributed by atoms with Crippen LogP contribution in [0.25, 0.3) is 0 Å². The van der Waals surface area contributed by atoms with Crippen LogP contribution in [-0.4, -0.2) is 36.8 Å². The van der Waals surface area contributed by atoms with Crippen molar-refractivity contribution in [3.63, 3.8) is 0 Å². The average Bonchev–Trinajstić information content (AvgIpc) is 2.54. The number of rotatable bonds is 2. The van der Waals surface area contributed by atoms with Gasteiger partial charge in [0, 0.05) is 37.8 Å². The third-order valence-electron chi connectivity index (χ3n) is 2.54. The molecule has 1 fully saturated rings. The lowest BCUT2D eigenvalue weighted by Gasteiger charge is -2.20. The molecule has 1 aliphatic rings. The first-order valence-electron chi connectivity index (χ1n) is 5.22. The topological polar surface area (TPSA) is 62.3 Å². The zero-order valence-electron chi connectivity index (χ0n) is 8.85. The molecule has 0 unspecified atom stereocenters. The summed E-state index contributed by atoms with van der Waals surface area (Å²) in [6.45, 7) is 2.05. The maximum Gasteiger partial charge on any atom is 0.221 e. The summed E-state index contributed by atoms with van der Waals surface area (Å²) in [5.41, 5.74) is 0.563. The summed E-state index contributed by atoms with van der Waals surface area (Å²) in [4.78, 5) is 27.9. The predicted octanol–water partition coefficient (Wildman–Crippen LogP) is 0.220. The van der Waals surface area contributed by atoms with Crippen LogP contribution in [0.15, 0.2) is 18.3 Å². The van der Waals surface area contributed by atoms with E-state index in [2.05, 4.69) is 10.3 Å². The number of aldehydes is 1. The summed E-state index contributed by atoms with van der Waals surface area (Å²) in [6.07, 6.45) is 2.80. The molecule has 1 aromatic heterocycles. The quantitative estimate of drug-likeness (QED) is 0.723. The van der Waals surface area contributed by atoms with Crippen molar-refractivity contribution in [3.05, 3.63) is 23.9 Å². The van der Waals surface area contributed by atoms with Crippen molar-refractivity contribution in [2.75, 3.05) is 24.5 Å². The minimum absolute atomic E-state index is 0.0759. The van der Waals surface area contributed by atoms with Crippen LogP contribution < -0.4 is 10.2 Å². The average molecular weight is 219 g/mol. The molecule has 1 N–H and O–H groups in total. The third-order valence-corrected chi connectivity index (χ3v) is 2.54. The lowest BCUT2D eigenvalue weighted by atomic mass is 10.3. The zero-order chi connectivity index (χ0) is 11.4. The highest BCUT2D eigenvalue weighted by atomic mass is 16.1. The molecule has 0 atom stereocenters. The van der Waals surface area contributed by atoms with E-state index in [1.807, 2.05) is 4.90 Å². The van der Waals surface area contributed by atoms with E-state index >= 15 is 0 Å². The molecule has 0 saturated carbocycles. The Bertz CT molecular complexity index is 389. The van der Waals surface area contributed by atoms with Gasteiger partial charge in [-0.05, 0) is 12.1 Å². The second kappa shape index (κ2) is 4.74. The number of hydrogen-bond donors (Lipinski definition) is 1. The Hall–Kier alpha value is -1.91. The van der Waals surface area contributed by atoms with Gasteiger partial charge in [0.05, 0.1) is 0 Å². The largest absolute Gasteiger partial charge is 0.354 e. The fourth-order valence-electron chi connectivity index (χ4n) is 1.65. The van der Waals surface area contributed by atoms with Gasteiger partial charge in [-0.1, -0.05) is 0 Å². The van der Waals surface area contributed by atoms with Crippen molar-refractivity contribution in [1.82, 2.24) is 10.3 Å². The van der Waals surface area contributed by atoms with Gasteiger partial charge < -0.3 is 10.2 Å². The minimum atomic E-state index is 0.0759. The van der Waals surface area contributed by atoms with Gasteiger partial charge in [0.1, 0.15) is 5.82 Å². The van der Waals surface area contributed by atoms with E-state index in [0.717, 1.165) is 18.6 Å². The second-order valence-electron chi connectivity index (χ2n) is 3.65. The Balaban J connectivity index is 2.10. The van der Waals surface area contributed by atoms with Crippen LogP contribution in [0, 0.1) is 0 Å². The van der Waals surface area contributed by atoms with Crippen LogP contribution in [0.1, 0.15) is 16.8 Å². The van der Waals surface area contributed by atoms with Crippen molar-refractivity contribution < 1.29 is 9.59 Å². The van der Waals surface area contributed by atoms with Crippen molar-refractivity contribution in [2.24, 2.45) is 0 Å². The van der Waals surface area contributed by atoms with Crippen LogP contribution in [-0.2, 0) is 4.79 Å². The summed E-state index contributed by atoms with van der Waals surface area (Å²) in [5, 5.41) is 2.80. The van der Waals surface area contributed by atoms with E-state index in [1.54, 1.807) is 18.3 Å². The van der Waals surface area contributed by atoms with Crippen LogP contribution in [0.3, 0.4) is 0 Å². The maximum atomic E-state index is 11.2. The molecule has 0 bridgehead atoms. The molecule has 0 spiro atoms. The van der Waals surface area contributed by atoms with Crippen LogP contribution >= 0.6 is 0 Å². The van der Waals surface area contributed by atoms with Gasteiger partial charge in [-0.15, -0.1) is 0 Å². The smallest absolute Gasteiger partial charge is 0.221 e. The molecule has 0 aromatic carbocycles. The first-order chi connectivity index (χ1) is 7.79. The molecule has 0 radical (unpaired) electrons. The van der Waals surface area contributed by atoms with Crippen LogP contribution in [0.4, 0.5) is 5.82 Å². The summed E-state index contributed by atoms with van der Waals surface area (Å²) >= 11 is 0. The van der Waals surface area contributed by atoms with E-state index in [-0.39, 0.29) is 5.91 Å². The predicted molar refractivity (Wildman–Crippen MR) is 59.5 cm³/mol. The number of carbonyl (C=O) groups is 2. The van der Waals surface area contributed by atoms with Crippen molar-refractivity contribution in [2.45, 2.75) is 6.42 Å². The van der Waals surface area contributed by atoms with Crippen molar-refractivity contribution in [3.8, 4) is 0 Å². The summed E-state index contributed by atoms with van der Waals surface area (Å²) in [7, 11) is 0. The highest BCUT2D eigenvalue weighted by Gasteiger charge is 2.14. The molecule has 84 valence electrons. The highest BCUT2D eigenvalue weighted by Crippen LogP contribution is 2.11. The SMILES string of the molecule is O=Cc1ccc(N2CCNC(=O)CC2)nc1. The Morgan fingerprint density at radius 1 is 1.38 bits per heavy atom. The lowest BCUT2D eigenvalue weighted by molar-refractivity contribution is -0.120. The van der Waals surface area contributed by atoms with E-state index < -0.39 is 0 Å². The summed E-state index contributed by atoms with van der Waals surface area (Å²) in [5.74, 6) is 0.883. The van der Waals surface area contributed by atoms with Gasteiger partial charge in [0.2, 0.25) is 5.91 Å². The summed E-state index contributed by atoms with van der Waals surface area (Å²) < 4.78 is 0. The Labute approximate surface area is 93.5 Å². The van der Waals surface area contributed by atoms with E-state index in [9.17, 15) is 9.59 Å². The van der Waals surface area contributed by atoms with Gasteiger partial charge >= 0.3 is 0 Å². The number of nitrogens with zero attached hydrogens (tertiary/aromatic N) is 2. The number of amides is 1. The zero-order valence-corrected chi connectivity index (χ0v) is 8.85. The molecule has 1 amide bonds. The second-order valence-corrected chi connectivity index (χ2v) is 3.65. The van der Waals surface area contributed by atoms with Gasteiger partial charge in [0.15, 0.2) is 6.29 Å². The lowest BCUT2D eigenvalue weighted by Crippen LogP contribution is -2.28. The molecule has 2 heterocycles. The Morgan fingerprint density at radius 2 is 2.25 bits per heavy atom. The third kappa shape index (κ3) is 2.36. The molecule has 16 heavy (non-hydrogen) atoms. The number of anilines is 1. The molecule has 2 rings (SSSR count). The molecule has 5 nitrogen and oxygen atoms in total. The first kappa shape index (κ1) is 10.6. The first-order valence-corrected chi connectivity index (χ1v) is 5.22. The number of pyridine rings is 1. The molecule has 0 aliphatic carbocycles. The molecule has 1 saturated heterocycles. The number of carbonyl (C=O) groups excluding carboxylic acids is 2. The molecule has 5 heteroatoms. The van der Waals surface area contributed by atoms with E-state index in [4.69, 9.17) is 0 Å². The van der Waals surface area contributed by atoms with Crippen LogP contribution in [0.5, 0.6) is 0 Å². The molecule has 1 aliphatic heterocycles. The number of hydrogen-bond acceptors (Lipinski definition) is 4. The van der Waals surface area contributed by atoms with Gasteiger partial charge in [0.25, 0.3) is 0 Å². The molecule has 1 aromatic rings. The van der Waals surface area contributed by atoms with Gasteiger partial charge in [-0.3, -0.25) is 9.59 Å². The standard InChI is InChI=1S/C11H13N3O2/c15-8-9-1-2-10(13-7-9)14-5-3-11(16)12-4-6-14/h1-2,7-8H,3-6H2,(H,12,16). The van der Waals surface area contributed by atoms with Gasteiger partial charge in [-0.2, -0.15) is 0 Å². The van der Waals surface area contributed by atoms with E-state index in [1.165, 1.54) is 0 Å². The monoisotopic (exact) mass is 219 g/mol. The Morgan fingerprint density at radius 3 is 2.94 bits per heavy atom. The van der Waals surface area contributed by atoms with E-state index in [0.29, 0.717) is 25.1 Å². The number of nitrogens with one attached hydrogen (secondary N) is 1. The normalized spacial score (nSPS) is 16.5. The number of aromatic nitrogens is 1. The Kier molecular flexibility index (Phi) is 3.14. The van der Waals surface area contributed by atoms with Crippen molar-refractivity contribution in [1.29, 1.82) is 0 Å². The van der Waals surface area contributed by atoms with Gasteiger partial charge in [-0.25, -0.2) is 4.98 Å². The van der Waals surface area contributed by atoms with Crippen LogP contribution in [0.2, 0.25) is 0 Å². The fraction of sp³-hybridized carbons (Fsp3) is 0.364. The molecular formula is C11H13N3O2. The maximum absolute atomic E-state index is 11.2. The summed E-state index contributed by atoms with van der Waals surface area (Å²) in [6, 6.07) is 3.54. The molecular weight excluding hydrogens is 206 g/mol.